The summed E-state index contributed by atoms with van der Waals surface area (Å²) in [6.07, 6.45) is 5.50. The van der Waals surface area contributed by atoms with Crippen molar-refractivity contribution in [3.05, 3.63) is 64.2 Å². The number of halogens is 1. The minimum atomic E-state index is -3.80. The van der Waals surface area contributed by atoms with E-state index in [1.165, 1.54) is 4.90 Å². The van der Waals surface area contributed by atoms with E-state index < -0.39 is 28.5 Å². The molecule has 1 aliphatic rings. The molecule has 36 heavy (non-hydrogen) atoms. The van der Waals surface area contributed by atoms with Gasteiger partial charge >= 0.3 is 0 Å². The maximum atomic E-state index is 13.8. The lowest BCUT2D eigenvalue weighted by molar-refractivity contribution is -0.140. The number of aryl methyl sites for hydroxylation is 2. The minimum Gasteiger partial charge on any atom is -0.352 e. The predicted octanol–water partition coefficient (Wildman–Crippen LogP) is 4.59. The average Bonchev–Trinajstić information content (AvgIpc) is 3.32. The van der Waals surface area contributed by atoms with Crippen molar-refractivity contribution < 1.29 is 18.0 Å². The average molecular weight is 534 g/mol. The fourth-order valence-electron chi connectivity index (χ4n) is 4.61. The highest BCUT2D eigenvalue weighted by atomic mass is 35.5. The van der Waals surface area contributed by atoms with Crippen LogP contribution in [0.15, 0.2) is 42.5 Å². The first-order valence-corrected chi connectivity index (χ1v) is 14.6. The van der Waals surface area contributed by atoms with E-state index >= 15 is 0 Å². The summed E-state index contributed by atoms with van der Waals surface area (Å²) in [6, 6.07) is 12.0. The van der Waals surface area contributed by atoms with E-state index in [0.717, 1.165) is 52.9 Å². The second-order valence-electron chi connectivity index (χ2n) is 9.57. The zero-order valence-corrected chi connectivity index (χ0v) is 23.0. The van der Waals surface area contributed by atoms with Crippen LogP contribution >= 0.6 is 11.6 Å². The third-order valence-electron chi connectivity index (χ3n) is 6.81. The summed E-state index contributed by atoms with van der Waals surface area (Å²) in [5, 5.41) is 3.52. The quantitative estimate of drug-likeness (QED) is 0.484. The van der Waals surface area contributed by atoms with Crippen molar-refractivity contribution in [2.75, 3.05) is 17.1 Å². The lowest BCUT2D eigenvalue weighted by Gasteiger charge is -2.33. The van der Waals surface area contributed by atoms with Gasteiger partial charge in [0, 0.05) is 17.6 Å². The molecule has 1 aliphatic carbocycles. The molecule has 1 saturated carbocycles. The van der Waals surface area contributed by atoms with Crippen LogP contribution in [0.2, 0.25) is 5.02 Å². The lowest BCUT2D eigenvalue weighted by Crippen LogP contribution is -2.53. The number of nitrogens with one attached hydrogen (secondary N) is 1. The number of amides is 2. The zero-order chi connectivity index (χ0) is 26.5. The van der Waals surface area contributed by atoms with Gasteiger partial charge in [0.05, 0.1) is 11.9 Å². The SMILES string of the molecule is CCC(C(=O)NC1CCCC1)N(Cc1ccccc1C)C(=O)CN(c1ccc(C)c(Cl)c1)S(C)(=O)=O. The molecular formula is C27H36ClN3O4S. The van der Waals surface area contributed by atoms with Crippen molar-refractivity contribution in [3.8, 4) is 0 Å². The molecule has 0 aliphatic heterocycles. The van der Waals surface area contributed by atoms with E-state index in [2.05, 4.69) is 5.32 Å². The molecule has 196 valence electrons. The van der Waals surface area contributed by atoms with Gasteiger partial charge in [-0.15, -0.1) is 0 Å². The van der Waals surface area contributed by atoms with Crippen molar-refractivity contribution in [1.82, 2.24) is 10.2 Å². The number of sulfonamides is 1. The van der Waals surface area contributed by atoms with Gasteiger partial charge in [-0.05, 0) is 61.9 Å². The molecule has 2 aromatic carbocycles. The maximum absolute atomic E-state index is 13.8. The van der Waals surface area contributed by atoms with Crippen LogP contribution in [0, 0.1) is 13.8 Å². The fourth-order valence-corrected chi connectivity index (χ4v) is 5.62. The van der Waals surface area contributed by atoms with Gasteiger partial charge < -0.3 is 10.2 Å². The zero-order valence-electron chi connectivity index (χ0n) is 21.5. The van der Waals surface area contributed by atoms with Gasteiger partial charge in [-0.25, -0.2) is 8.42 Å². The van der Waals surface area contributed by atoms with Gasteiger partial charge in [0.15, 0.2) is 0 Å². The molecular weight excluding hydrogens is 498 g/mol. The molecule has 0 heterocycles. The van der Waals surface area contributed by atoms with E-state index in [4.69, 9.17) is 11.6 Å². The number of hydrogen-bond acceptors (Lipinski definition) is 4. The molecule has 0 spiro atoms. The highest BCUT2D eigenvalue weighted by Gasteiger charge is 2.33. The van der Waals surface area contributed by atoms with Crippen LogP contribution in [-0.2, 0) is 26.2 Å². The molecule has 0 radical (unpaired) electrons. The number of nitrogens with zero attached hydrogens (tertiary/aromatic N) is 2. The van der Waals surface area contributed by atoms with Gasteiger partial charge in [0.2, 0.25) is 21.8 Å². The van der Waals surface area contributed by atoms with E-state index in [-0.39, 0.29) is 18.5 Å². The Balaban J connectivity index is 1.94. The number of carbonyl (C=O) groups excluding carboxylic acids is 2. The van der Waals surface area contributed by atoms with Gasteiger partial charge in [-0.2, -0.15) is 0 Å². The van der Waals surface area contributed by atoms with Gasteiger partial charge in [0.25, 0.3) is 0 Å². The molecule has 1 atom stereocenters. The molecule has 2 aromatic rings. The first-order chi connectivity index (χ1) is 17.0. The van der Waals surface area contributed by atoms with Gasteiger partial charge in [0.1, 0.15) is 12.6 Å². The molecule has 1 fully saturated rings. The Bertz CT molecular complexity index is 1200. The van der Waals surface area contributed by atoms with Crippen LogP contribution in [0.25, 0.3) is 0 Å². The van der Waals surface area contributed by atoms with Crippen molar-refractivity contribution in [3.63, 3.8) is 0 Å². The number of carbonyl (C=O) groups is 2. The highest BCUT2D eigenvalue weighted by Crippen LogP contribution is 2.26. The van der Waals surface area contributed by atoms with Crippen LogP contribution in [0.4, 0.5) is 5.69 Å². The Morgan fingerprint density at radius 3 is 2.33 bits per heavy atom. The fraction of sp³-hybridized carbons (Fsp3) is 0.481. The molecule has 1 unspecified atom stereocenters. The van der Waals surface area contributed by atoms with Crippen molar-refractivity contribution in [2.24, 2.45) is 0 Å². The number of anilines is 1. The summed E-state index contributed by atoms with van der Waals surface area (Å²) in [6.45, 7) is 5.41. The first kappa shape index (κ1) is 28.0. The summed E-state index contributed by atoms with van der Waals surface area (Å²) in [7, 11) is -3.80. The van der Waals surface area contributed by atoms with Crippen LogP contribution < -0.4 is 9.62 Å². The Kier molecular flexibility index (Phi) is 9.41. The molecule has 3 rings (SSSR count). The normalized spacial score (nSPS) is 14.9. The Labute approximate surface area is 219 Å². The van der Waals surface area contributed by atoms with Crippen molar-refractivity contribution in [2.45, 2.75) is 71.5 Å². The van der Waals surface area contributed by atoms with Crippen LogP contribution in [-0.4, -0.2) is 50.0 Å². The molecule has 7 nitrogen and oxygen atoms in total. The number of benzene rings is 2. The maximum Gasteiger partial charge on any atom is 0.244 e. The Hall–Kier alpha value is -2.58. The van der Waals surface area contributed by atoms with E-state index in [1.54, 1.807) is 18.2 Å². The summed E-state index contributed by atoms with van der Waals surface area (Å²) >= 11 is 6.26. The second kappa shape index (κ2) is 12.1. The molecule has 1 N–H and O–H groups in total. The van der Waals surface area contributed by atoms with Crippen LogP contribution in [0.5, 0.6) is 0 Å². The molecule has 2 amide bonds. The monoisotopic (exact) mass is 533 g/mol. The molecule has 0 saturated heterocycles. The first-order valence-electron chi connectivity index (χ1n) is 12.4. The summed E-state index contributed by atoms with van der Waals surface area (Å²) in [5.41, 5.74) is 3.01. The van der Waals surface area contributed by atoms with E-state index in [0.29, 0.717) is 17.1 Å². The minimum absolute atomic E-state index is 0.115. The van der Waals surface area contributed by atoms with Crippen LogP contribution in [0.3, 0.4) is 0 Å². The standard InChI is InChI=1S/C27H36ClN3O4S/c1-5-25(27(33)29-22-12-8-9-13-22)30(17-21-11-7-6-10-19(21)2)26(32)18-31(36(4,34)35)23-15-14-20(3)24(28)16-23/h6-7,10-11,14-16,22,25H,5,8-9,12-13,17-18H2,1-4H3,(H,29,33). The predicted molar refractivity (Wildman–Crippen MR) is 145 cm³/mol. The summed E-state index contributed by atoms with van der Waals surface area (Å²) < 4.78 is 26.5. The smallest absolute Gasteiger partial charge is 0.244 e. The summed E-state index contributed by atoms with van der Waals surface area (Å²) in [4.78, 5) is 28.6. The largest absolute Gasteiger partial charge is 0.352 e. The molecule has 0 aromatic heterocycles. The van der Waals surface area contributed by atoms with Gasteiger partial charge in [-0.1, -0.05) is 61.7 Å². The molecule has 0 bridgehead atoms. The lowest BCUT2D eigenvalue weighted by atomic mass is 10.1. The van der Waals surface area contributed by atoms with Crippen LogP contribution in [0.1, 0.15) is 55.7 Å². The van der Waals surface area contributed by atoms with Crippen molar-refractivity contribution >= 4 is 39.1 Å². The summed E-state index contributed by atoms with van der Waals surface area (Å²) in [5.74, 6) is -0.649. The third-order valence-corrected chi connectivity index (χ3v) is 8.36. The Morgan fingerprint density at radius 2 is 1.75 bits per heavy atom. The van der Waals surface area contributed by atoms with E-state index in [1.807, 2.05) is 45.0 Å². The third kappa shape index (κ3) is 7.01. The molecule has 9 heteroatoms. The number of hydrogen-bond donors (Lipinski definition) is 1. The number of rotatable bonds is 10. The topological polar surface area (TPSA) is 86.8 Å². The highest BCUT2D eigenvalue weighted by molar-refractivity contribution is 7.92. The Morgan fingerprint density at radius 1 is 1.08 bits per heavy atom. The van der Waals surface area contributed by atoms with Crippen molar-refractivity contribution in [1.29, 1.82) is 0 Å². The van der Waals surface area contributed by atoms with Gasteiger partial charge in [-0.3, -0.25) is 13.9 Å². The second-order valence-corrected chi connectivity index (χ2v) is 11.9. The van der Waals surface area contributed by atoms with E-state index in [9.17, 15) is 18.0 Å².